The standard InChI is InChI=1S/C15H11ClF2N2/c1-20(12-4-2-10(9-19)3-5-12)15-13(17)6-11(8-16)7-14(15)18/h2-7H,8H2,1H3. The van der Waals surface area contributed by atoms with E-state index in [1.807, 2.05) is 6.07 Å². The Labute approximate surface area is 120 Å². The van der Waals surface area contributed by atoms with Crippen molar-refractivity contribution in [1.29, 1.82) is 5.26 Å². The first-order valence-electron chi connectivity index (χ1n) is 5.84. The van der Waals surface area contributed by atoms with Crippen molar-refractivity contribution in [2.45, 2.75) is 5.88 Å². The summed E-state index contributed by atoms with van der Waals surface area (Å²) < 4.78 is 28.0. The number of anilines is 2. The molecule has 2 nitrogen and oxygen atoms in total. The van der Waals surface area contributed by atoms with Gasteiger partial charge < -0.3 is 4.90 Å². The predicted molar refractivity (Wildman–Crippen MR) is 75.1 cm³/mol. The quantitative estimate of drug-likeness (QED) is 0.787. The molecule has 0 bridgehead atoms. The number of benzene rings is 2. The molecule has 0 spiro atoms. The molecule has 0 saturated carbocycles. The highest BCUT2D eigenvalue weighted by Gasteiger charge is 2.16. The van der Waals surface area contributed by atoms with Crippen LogP contribution in [0.15, 0.2) is 36.4 Å². The number of nitriles is 1. The number of hydrogen-bond donors (Lipinski definition) is 0. The van der Waals surface area contributed by atoms with Crippen LogP contribution in [0.1, 0.15) is 11.1 Å². The molecule has 0 heterocycles. The number of nitrogens with zero attached hydrogens (tertiary/aromatic N) is 2. The largest absolute Gasteiger partial charge is 0.340 e. The van der Waals surface area contributed by atoms with Crippen LogP contribution in [0.25, 0.3) is 0 Å². The first-order valence-corrected chi connectivity index (χ1v) is 6.38. The van der Waals surface area contributed by atoms with Crippen LogP contribution in [0.4, 0.5) is 20.2 Å². The van der Waals surface area contributed by atoms with Crippen molar-refractivity contribution >= 4 is 23.0 Å². The zero-order valence-corrected chi connectivity index (χ0v) is 11.5. The fraction of sp³-hybridized carbons (Fsp3) is 0.133. The Morgan fingerprint density at radius 1 is 1.15 bits per heavy atom. The highest BCUT2D eigenvalue weighted by molar-refractivity contribution is 6.17. The summed E-state index contributed by atoms with van der Waals surface area (Å²) in [6, 6.07) is 10.9. The molecule has 0 aliphatic rings. The SMILES string of the molecule is CN(c1ccc(C#N)cc1)c1c(F)cc(CCl)cc1F. The van der Waals surface area contributed by atoms with E-state index in [2.05, 4.69) is 0 Å². The highest BCUT2D eigenvalue weighted by Crippen LogP contribution is 2.30. The van der Waals surface area contributed by atoms with E-state index in [-0.39, 0.29) is 11.6 Å². The van der Waals surface area contributed by atoms with Crippen molar-refractivity contribution in [2.75, 3.05) is 11.9 Å². The summed E-state index contributed by atoms with van der Waals surface area (Å²) in [5.41, 5.74) is 1.31. The minimum absolute atomic E-state index is 0.0503. The van der Waals surface area contributed by atoms with Gasteiger partial charge in [0.25, 0.3) is 0 Å². The third-order valence-corrected chi connectivity index (χ3v) is 3.26. The summed E-state index contributed by atoms with van der Waals surface area (Å²) in [5.74, 6) is -1.30. The monoisotopic (exact) mass is 292 g/mol. The average Bonchev–Trinajstić information content (AvgIpc) is 2.46. The number of hydrogen-bond acceptors (Lipinski definition) is 2. The highest BCUT2D eigenvalue weighted by atomic mass is 35.5. The van der Waals surface area contributed by atoms with Crippen LogP contribution in [0, 0.1) is 23.0 Å². The van der Waals surface area contributed by atoms with Gasteiger partial charge in [-0.3, -0.25) is 0 Å². The Morgan fingerprint density at radius 2 is 1.70 bits per heavy atom. The van der Waals surface area contributed by atoms with Crippen LogP contribution in [0.2, 0.25) is 0 Å². The van der Waals surface area contributed by atoms with Crippen molar-refractivity contribution < 1.29 is 8.78 Å². The molecule has 0 N–H and O–H groups in total. The van der Waals surface area contributed by atoms with Crippen LogP contribution in [0.3, 0.4) is 0 Å². The molecular weight excluding hydrogens is 282 g/mol. The van der Waals surface area contributed by atoms with E-state index in [0.29, 0.717) is 16.8 Å². The van der Waals surface area contributed by atoms with E-state index in [0.717, 1.165) is 0 Å². The van der Waals surface area contributed by atoms with E-state index in [1.54, 1.807) is 31.3 Å². The molecule has 0 radical (unpaired) electrons. The van der Waals surface area contributed by atoms with E-state index in [4.69, 9.17) is 16.9 Å². The normalized spacial score (nSPS) is 10.2. The molecule has 0 atom stereocenters. The predicted octanol–water partition coefficient (Wildman–Crippen LogP) is 4.34. The van der Waals surface area contributed by atoms with Gasteiger partial charge in [0, 0.05) is 18.6 Å². The van der Waals surface area contributed by atoms with Crippen LogP contribution in [-0.4, -0.2) is 7.05 Å². The maximum atomic E-state index is 14.0. The first kappa shape index (κ1) is 14.3. The molecule has 0 saturated heterocycles. The smallest absolute Gasteiger partial charge is 0.150 e. The molecule has 0 aliphatic heterocycles. The summed E-state index contributed by atoms with van der Waals surface area (Å²) >= 11 is 5.58. The molecule has 0 unspecified atom stereocenters. The molecule has 0 aromatic heterocycles. The molecule has 5 heteroatoms. The fourth-order valence-corrected chi connectivity index (χ4v) is 2.06. The van der Waals surface area contributed by atoms with Crippen molar-refractivity contribution in [2.24, 2.45) is 0 Å². The van der Waals surface area contributed by atoms with Crippen molar-refractivity contribution in [1.82, 2.24) is 0 Å². The average molecular weight is 293 g/mol. The van der Waals surface area contributed by atoms with Crippen LogP contribution < -0.4 is 4.90 Å². The fourth-order valence-electron chi connectivity index (χ4n) is 1.90. The molecule has 20 heavy (non-hydrogen) atoms. The lowest BCUT2D eigenvalue weighted by molar-refractivity contribution is 0.582. The second-order valence-corrected chi connectivity index (χ2v) is 4.53. The second kappa shape index (κ2) is 5.89. The Hall–Kier alpha value is -2.12. The maximum Gasteiger partial charge on any atom is 0.150 e. The number of halogens is 3. The lowest BCUT2D eigenvalue weighted by atomic mass is 10.1. The van der Waals surface area contributed by atoms with Gasteiger partial charge in [-0.25, -0.2) is 8.78 Å². The van der Waals surface area contributed by atoms with Gasteiger partial charge in [0.2, 0.25) is 0 Å². The minimum atomic E-state index is -0.674. The third kappa shape index (κ3) is 2.73. The number of alkyl halides is 1. The molecule has 2 aromatic rings. The zero-order valence-electron chi connectivity index (χ0n) is 10.7. The molecule has 0 fully saturated rings. The van der Waals surface area contributed by atoms with Gasteiger partial charge >= 0.3 is 0 Å². The Bertz CT molecular complexity index is 640. The van der Waals surface area contributed by atoms with E-state index >= 15 is 0 Å². The van der Waals surface area contributed by atoms with Crippen molar-refractivity contribution in [3.63, 3.8) is 0 Å². The van der Waals surface area contributed by atoms with Gasteiger partial charge in [0.15, 0.2) is 0 Å². The van der Waals surface area contributed by atoms with Gasteiger partial charge in [-0.1, -0.05) is 0 Å². The molecule has 2 aromatic carbocycles. The van der Waals surface area contributed by atoms with Crippen molar-refractivity contribution in [3.05, 3.63) is 59.2 Å². The van der Waals surface area contributed by atoms with Gasteiger partial charge in [0.1, 0.15) is 17.3 Å². The summed E-state index contributed by atoms with van der Waals surface area (Å²) in [7, 11) is 1.56. The third-order valence-electron chi connectivity index (χ3n) is 2.95. The summed E-state index contributed by atoms with van der Waals surface area (Å²) in [4.78, 5) is 1.39. The number of rotatable bonds is 3. The maximum absolute atomic E-state index is 14.0. The lowest BCUT2D eigenvalue weighted by Crippen LogP contribution is -2.13. The molecule has 0 aliphatic carbocycles. The van der Waals surface area contributed by atoms with Gasteiger partial charge in [-0.2, -0.15) is 5.26 Å². The molecule has 0 amide bonds. The summed E-state index contributed by atoms with van der Waals surface area (Å²) in [6.07, 6.45) is 0. The molecular formula is C15H11ClF2N2. The Balaban J connectivity index is 2.42. The van der Waals surface area contributed by atoms with E-state index < -0.39 is 11.6 Å². The van der Waals surface area contributed by atoms with E-state index in [1.165, 1.54) is 17.0 Å². The summed E-state index contributed by atoms with van der Waals surface area (Å²) in [5, 5.41) is 8.73. The Kier molecular flexibility index (Phi) is 4.21. The van der Waals surface area contributed by atoms with Gasteiger partial charge in [0.05, 0.1) is 11.6 Å². The molecule has 2 rings (SSSR count). The lowest BCUT2D eigenvalue weighted by Gasteiger charge is -2.21. The van der Waals surface area contributed by atoms with E-state index in [9.17, 15) is 8.78 Å². The summed E-state index contributed by atoms with van der Waals surface area (Å²) in [6.45, 7) is 0. The topological polar surface area (TPSA) is 27.0 Å². The first-order chi connectivity index (χ1) is 9.56. The van der Waals surface area contributed by atoms with Crippen LogP contribution in [-0.2, 0) is 5.88 Å². The van der Waals surface area contributed by atoms with Crippen molar-refractivity contribution in [3.8, 4) is 6.07 Å². The van der Waals surface area contributed by atoms with Crippen LogP contribution >= 0.6 is 11.6 Å². The van der Waals surface area contributed by atoms with Gasteiger partial charge in [-0.05, 0) is 42.0 Å². The zero-order chi connectivity index (χ0) is 14.7. The molecule has 102 valence electrons. The second-order valence-electron chi connectivity index (χ2n) is 4.26. The van der Waals surface area contributed by atoms with Gasteiger partial charge in [-0.15, -0.1) is 11.6 Å². The van der Waals surface area contributed by atoms with Crippen LogP contribution in [0.5, 0.6) is 0 Å². The minimum Gasteiger partial charge on any atom is -0.340 e. The Morgan fingerprint density at radius 3 is 2.15 bits per heavy atom.